The fraction of sp³-hybridized carbons (Fsp3) is 0.571. The molecular weight excluding hydrogens is 239 g/mol. The maximum absolute atomic E-state index is 6.04. The van der Waals surface area contributed by atoms with E-state index in [4.69, 9.17) is 23.2 Å². The molecule has 0 aliphatic rings. The van der Waals surface area contributed by atoms with Gasteiger partial charge in [0.15, 0.2) is 0 Å². The van der Waals surface area contributed by atoms with Crippen LogP contribution in [0.2, 0.25) is 5.02 Å². The minimum atomic E-state index is 0.364. The van der Waals surface area contributed by atoms with Crippen LogP contribution >= 0.6 is 23.2 Å². The second-order valence-corrected chi connectivity index (χ2v) is 6.25. The Bertz CT molecular complexity index is 326. The Kier molecular flexibility index (Phi) is 5.14. The van der Waals surface area contributed by atoms with Gasteiger partial charge in [-0.1, -0.05) is 44.5 Å². The fourth-order valence-corrected chi connectivity index (χ4v) is 2.23. The SMILES string of the molecule is CC(C)(C)CCC(CCl)c1cccc(Cl)c1. The van der Waals surface area contributed by atoms with Crippen LogP contribution in [0, 0.1) is 5.41 Å². The summed E-state index contributed by atoms with van der Waals surface area (Å²) in [6, 6.07) is 8.03. The van der Waals surface area contributed by atoms with Crippen LogP contribution in [0.1, 0.15) is 45.1 Å². The van der Waals surface area contributed by atoms with E-state index in [1.165, 1.54) is 12.0 Å². The molecule has 0 N–H and O–H groups in total. The molecule has 0 amide bonds. The topological polar surface area (TPSA) is 0 Å². The van der Waals surface area contributed by atoms with Gasteiger partial charge in [-0.25, -0.2) is 0 Å². The molecule has 2 heteroatoms. The summed E-state index contributed by atoms with van der Waals surface area (Å²) in [5.41, 5.74) is 1.62. The predicted octanol–water partition coefficient (Wildman–Crippen LogP) is 5.49. The maximum atomic E-state index is 6.04. The Morgan fingerprint density at radius 3 is 2.44 bits per heavy atom. The predicted molar refractivity (Wildman–Crippen MR) is 73.6 cm³/mol. The Morgan fingerprint density at radius 1 is 1.25 bits per heavy atom. The molecule has 0 heterocycles. The second-order valence-electron chi connectivity index (χ2n) is 5.51. The van der Waals surface area contributed by atoms with Crippen LogP contribution in [0.25, 0.3) is 0 Å². The average molecular weight is 259 g/mol. The van der Waals surface area contributed by atoms with E-state index in [9.17, 15) is 0 Å². The van der Waals surface area contributed by atoms with Gasteiger partial charge in [-0.3, -0.25) is 0 Å². The van der Waals surface area contributed by atoms with Gasteiger partial charge in [-0.15, -0.1) is 11.6 Å². The number of hydrogen-bond donors (Lipinski definition) is 0. The van der Waals surface area contributed by atoms with Gasteiger partial charge in [0.05, 0.1) is 0 Å². The number of alkyl halides is 1. The summed E-state index contributed by atoms with van der Waals surface area (Å²) in [4.78, 5) is 0. The lowest BCUT2D eigenvalue weighted by molar-refractivity contribution is 0.353. The third-order valence-electron chi connectivity index (χ3n) is 2.75. The highest BCUT2D eigenvalue weighted by molar-refractivity contribution is 6.30. The van der Waals surface area contributed by atoms with Crippen molar-refractivity contribution in [3.63, 3.8) is 0 Å². The lowest BCUT2D eigenvalue weighted by atomic mass is 9.85. The Balaban J connectivity index is 2.68. The van der Waals surface area contributed by atoms with Gasteiger partial charge in [0, 0.05) is 10.9 Å². The van der Waals surface area contributed by atoms with Crippen molar-refractivity contribution in [2.75, 3.05) is 5.88 Å². The van der Waals surface area contributed by atoms with Crippen molar-refractivity contribution in [1.29, 1.82) is 0 Å². The van der Waals surface area contributed by atoms with E-state index in [0.29, 0.717) is 17.2 Å². The smallest absolute Gasteiger partial charge is 0.0408 e. The van der Waals surface area contributed by atoms with Gasteiger partial charge < -0.3 is 0 Å². The number of hydrogen-bond acceptors (Lipinski definition) is 0. The summed E-state index contributed by atoms with van der Waals surface area (Å²) in [5.74, 6) is 1.08. The van der Waals surface area contributed by atoms with Crippen LogP contribution in [-0.2, 0) is 0 Å². The number of rotatable bonds is 4. The van der Waals surface area contributed by atoms with Crippen molar-refractivity contribution in [1.82, 2.24) is 0 Å². The molecule has 90 valence electrons. The molecule has 0 aromatic heterocycles. The average Bonchev–Trinajstić information content (AvgIpc) is 2.17. The van der Waals surface area contributed by atoms with E-state index in [0.717, 1.165) is 11.4 Å². The number of benzene rings is 1. The molecule has 1 atom stereocenters. The van der Waals surface area contributed by atoms with Crippen molar-refractivity contribution in [2.24, 2.45) is 5.41 Å². The summed E-state index contributed by atoms with van der Waals surface area (Å²) in [5, 5.41) is 0.795. The highest BCUT2D eigenvalue weighted by Gasteiger charge is 2.16. The molecule has 0 nitrogen and oxygen atoms in total. The van der Waals surface area contributed by atoms with E-state index in [2.05, 4.69) is 26.8 Å². The molecule has 0 aliphatic carbocycles. The van der Waals surface area contributed by atoms with E-state index in [1.54, 1.807) is 0 Å². The van der Waals surface area contributed by atoms with Gasteiger partial charge >= 0.3 is 0 Å². The van der Waals surface area contributed by atoms with Gasteiger partial charge in [-0.2, -0.15) is 0 Å². The van der Waals surface area contributed by atoms with Crippen molar-refractivity contribution in [3.05, 3.63) is 34.9 Å². The first-order valence-electron chi connectivity index (χ1n) is 5.74. The van der Waals surface area contributed by atoms with E-state index in [1.807, 2.05) is 18.2 Å². The molecule has 0 aliphatic heterocycles. The highest BCUT2D eigenvalue weighted by Crippen LogP contribution is 2.30. The third kappa shape index (κ3) is 4.76. The molecule has 0 saturated heterocycles. The van der Waals surface area contributed by atoms with Crippen LogP contribution in [0.15, 0.2) is 24.3 Å². The monoisotopic (exact) mass is 258 g/mol. The molecule has 0 saturated carbocycles. The molecule has 0 spiro atoms. The molecular formula is C14H20Cl2. The minimum Gasteiger partial charge on any atom is -0.126 e. The normalized spacial score (nSPS) is 13.8. The van der Waals surface area contributed by atoms with Crippen molar-refractivity contribution in [2.45, 2.75) is 39.5 Å². The van der Waals surface area contributed by atoms with Crippen molar-refractivity contribution >= 4 is 23.2 Å². The lowest BCUT2D eigenvalue weighted by Gasteiger charge is -2.22. The fourth-order valence-electron chi connectivity index (χ4n) is 1.70. The van der Waals surface area contributed by atoms with Crippen molar-refractivity contribution < 1.29 is 0 Å². The third-order valence-corrected chi connectivity index (χ3v) is 3.36. The summed E-state index contributed by atoms with van der Waals surface area (Å²) in [6.07, 6.45) is 2.30. The Hall–Kier alpha value is -0.200. The summed E-state index contributed by atoms with van der Waals surface area (Å²) >= 11 is 12.0. The molecule has 1 unspecified atom stereocenters. The molecule has 16 heavy (non-hydrogen) atoms. The minimum absolute atomic E-state index is 0.364. The zero-order valence-corrected chi connectivity index (χ0v) is 11.8. The molecule has 0 fully saturated rings. The first kappa shape index (κ1) is 13.9. The largest absolute Gasteiger partial charge is 0.126 e. The molecule has 0 radical (unpaired) electrons. The summed E-state index contributed by atoms with van der Waals surface area (Å²) in [7, 11) is 0. The second kappa shape index (κ2) is 5.93. The molecule has 0 bridgehead atoms. The lowest BCUT2D eigenvalue weighted by Crippen LogP contribution is -2.09. The zero-order chi connectivity index (χ0) is 12.2. The quantitative estimate of drug-likeness (QED) is 0.627. The molecule has 1 aromatic rings. The van der Waals surface area contributed by atoms with Crippen LogP contribution < -0.4 is 0 Å². The van der Waals surface area contributed by atoms with Gasteiger partial charge in [0.1, 0.15) is 0 Å². The Labute approximate surface area is 109 Å². The maximum Gasteiger partial charge on any atom is 0.0408 e. The van der Waals surface area contributed by atoms with E-state index < -0.39 is 0 Å². The van der Waals surface area contributed by atoms with Gasteiger partial charge in [0.2, 0.25) is 0 Å². The molecule has 1 rings (SSSR count). The highest BCUT2D eigenvalue weighted by atomic mass is 35.5. The van der Waals surface area contributed by atoms with Crippen LogP contribution in [0.3, 0.4) is 0 Å². The summed E-state index contributed by atoms with van der Waals surface area (Å²) in [6.45, 7) is 6.78. The zero-order valence-electron chi connectivity index (χ0n) is 10.3. The van der Waals surface area contributed by atoms with E-state index in [-0.39, 0.29) is 0 Å². The van der Waals surface area contributed by atoms with Crippen LogP contribution in [0.4, 0.5) is 0 Å². The Morgan fingerprint density at radius 2 is 1.94 bits per heavy atom. The van der Waals surface area contributed by atoms with Gasteiger partial charge in [0.25, 0.3) is 0 Å². The van der Waals surface area contributed by atoms with Crippen LogP contribution in [0.5, 0.6) is 0 Å². The molecule has 1 aromatic carbocycles. The standard InChI is InChI=1S/C14H20Cl2/c1-14(2,3)8-7-12(10-15)11-5-4-6-13(16)9-11/h4-6,9,12H,7-8,10H2,1-3H3. The van der Waals surface area contributed by atoms with E-state index >= 15 is 0 Å². The van der Waals surface area contributed by atoms with Crippen LogP contribution in [-0.4, -0.2) is 5.88 Å². The van der Waals surface area contributed by atoms with Gasteiger partial charge in [-0.05, 0) is 41.9 Å². The first-order valence-corrected chi connectivity index (χ1v) is 6.65. The van der Waals surface area contributed by atoms with Crippen molar-refractivity contribution in [3.8, 4) is 0 Å². The first-order chi connectivity index (χ1) is 7.42. The summed E-state index contributed by atoms with van der Waals surface area (Å²) < 4.78 is 0. The number of halogens is 2.